The van der Waals surface area contributed by atoms with Crippen LogP contribution in [0.15, 0.2) is 12.1 Å². The number of nitrogens with zero attached hydrogens (tertiary/aromatic N) is 2. The summed E-state index contributed by atoms with van der Waals surface area (Å²) >= 11 is 5.65. The van der Waals surface area contributed by atoms with Crippen LogP contribution in [0.5, 0.6) is 0 Å². The molecule has 2 N–H and O–H groups in total. The minimum Gasteiger partial charge on any atom is -0.362 e. The molecule has 1 aliphatic rings. The Morgan fingerprint density at radius 2 is 2.36 bits per heavy atom. The predicted octanol–water partition coefficient (Wildman–Crippen LogP) is 1.29. The highest BCUT2D eigenvalue weighted by molar-refractivity contribution is 6.29. The summed E-state index contributed by atoms with van der Waals surface area (Å²) in [6.07, 6.45) is 1.09. The smallest absolute Gasteiger partial charge is 0.151 e. The SMILES string of the molecule is CC1(Nc2ccc(Cl)nn2)CCNC1. The lowest BCUT2D eigenvalue weighted by atomic mass is 10.0. The number of anilines is 1. The molecule has 1 aliphatic heterocycles. The van der Waals surface area contributed by atoms with E-state index in [-0.39, 0.29) is 5.54 Å². The van der Waals surface area contributed by atoms with Crippen LogP contribution in [-0.4, -0.2) is 28.8 Å². The Morgan fingerprint density at radius 1 is 1.50 bits per heavy atom. The van der Waals surface area contributed by atoms with Crippen LogP contribution in [-0.2, 0) is 0 Å². The van der Waals surface area contributed by atoms with E-state index in [1.165, 1.54) is 0 Å². The molecule has 2 heterocycles. The Bertz CT molecular complexity index is 305. The number of hydrogen-bond donors (Lipinski definition) is 2. The van der Waals surface area contributed by atoms with Gasteiger partial charge in [0.2, 0.25) is 0 Å². The highest BCUT2D eigenvalue weighted by Crippen LogP contribution is 2.19. The fourth-order valence-corrected chi connectivity index (χ4v) is 1.72. The zero-order chi connectivity index (χ0) is 10.0. The zero-order valence-electron chi connectivity index (χ0n) is 8.05. The lowest BCUT2D eigenvalue weighted by Gasteiger charge is -2.24. The maximum Gasteiger partial charge on any atom is 0.151 e. The summed E-state index contributed by atoms with van der Waals surface area (Å²) in [5.74, 6) is 0.778. The van der Waals surface area contributed by atoms with E-state index in [2.05, 4.69) is 27.8 Å². The fraction of sp³-hybridized carbons (Fsp3) is 0.556. The van der Waals surface area contributed by atoms with Gasteiger partial charge >= 0.3 is 0 Å². The van der Waals surface area contributed by atoms with Gasteiger partial charge in [0.05, 0.1) is 0 Å². The maximum absolute atomic E-state index is 5.65. The molecule has 1 unspecified atom stereocenters. The van der Waals surface area contributed by atoms with E-state index in [1.54, 1.807) is 6.07 Å². The first-order chi connectivity index (χ1) is 6.68. The summed E-state index contributed by atoms with van der Waals surface area (Å²) in [4.78, 5) is 0. The van der Waals surface area contributed by atoms with Gasteiger partial charge < -0.3 is 10.6 Å². The Kier molecular flexibility index (Phi) is 2.56. The van der Waals surface area contributed by atoms with Crippen LogP contribution in [0.25, 0.3) is 0 Å². The normalized spacial score (nSPS) is 26.4. The number of hydrogen-bond acceptors (Lipinski definition) is 4. The monoisotopic (exact) mass is 212 g/mol. The molecule has 4 nitrogen and oxygen atoms in total. The number of nitrogens with one attached hydrogen (secondary N) is 2. The van der Waals surface area contributed by atoms with E-state index in [4.69, 9.17) is 11.6 Å². The molecule has 1 fully saturated rings. The van der Waals surface area contributed by atoms with Gasteiger partial charge in [-0.15, -0.1) is 10.2 Å². The third-order valence-corrected chi connectivity index (χ3v) is 2.63. The van der Waals surface area contributed by atoms with E-state index >= 15 is 0 Å². The Hall–Kier alpha value is -0.870. The second-order valence-electron chi connectivity index (χ2n) is 3.85. The van der Waals surface area contributed by atoms with Gasteiger partial charge in [-0.3, -0.25) is 0 Å². The van der Waals surface area contributed by atoms with Gasteiger partial charge in [-0.1, -0.05) is 11.6 Å². The van der Waals surface area contributed by atoms with Crippen LogP contribution in [0.3, 0.4) is 0 Å². The van der Waals surface area contributed by atoms with E-state index in [9.17, 15) is 0 Å². The van der Waals surface area contributed by atoms with Crippen LogP contribution in [0.2, 0.25) is 5.15 Å². The molecule has 0 aromatic carbocycles. The molecule has 1 atom stereocenters. The minimum atomic E-state index is 0.0858. The predicted molar refractivity (Wildman–Crippen MR) is 56.6 cm³/mol. The molecule has 14 heavy (non-hydrogen) atoms. The average Bonchev–Trinajstić information content (AvgIpc) is 2.57. The van der Waals surface area contributed by atoms with Crippen molar-refractivity contribution < 1.29 is 0 Å². The topological polar surface area (TPSA) is 49.8 Å². The molecule has 1 aromatic heterocycles. The molecule has 76 valence electrons. The molecule has 0 bridgehead atoms. The lowest BCUT2D eigenvalue weighted by molar-refractivity contribution is 0.563. The van der Waals surface area contributed by atoms with E-state index in [1.807, 2.05) is 6.07 Å². The first-order valence-electron chi connectivity index (χ1n) is 4.66. The molecule has 1 saturated heterocycles. The second kappa shape index (κ2) is 3.71. The largest absolute Gasteiger partial charge is 0.362 e. The first-order valence-corrected chi connectivity index (χ1v) is 5.04. The van der Waals surface area contributed by atoms with Crippen molar-refractivity contribution in [3.05, 3.63) is 17.3 Å². The molecule has 5 heteroatoms. The van der Waals surface area contributed by atoms with Crippen LogP contribution >= 0.6 is 11.6 Å². The van der Waals surface area contributed by atoms with Gasteiger partial charge in [-0.05, 0) is 32.0 Å². The third kappa shape index (κ3) is 2.13. The van der Waals surface area contributed by atoms with Crippen molar-refractivity contribution in [3.63, 3.8) is 0 Å². The first kappa shape index (κ1) is 9.68. The molecule has 0 amide bonds. The van der Waals surface area contributed by atoms with Gasteiger partial charge in [-0.25, -0.2) is 0 Å². The molecule has 0 spiro atoms. The Labute approximate surface area is 88.1 Å². The van der Waals surface area contributed by atoms with E-state index < -0.39 is 0 Å². The van der Waals surface area contributed by atoms with Crippen molar-refractivity contribution in [2.24, 2.45) is 0 Å². The Morgan fingerprint density at radius 3 is 2.93 bits per heavy atom. The van der Waals surface area contributed by atoms with Crippen LogP contribution in [0, 0.1) is 0 Å². The van der Waals surface area contributed by atoms with E-state index in [0.29, 0.717) is 5.15 Å². The molecule has 1 aromatic rings. The minimum absolute atomic E-state index is 0.0858. The van der Waals surface area contributed by atoms with Crippen LogP contribution < -0.4 is 10.6 Å². The van der Waals surface area contributed by atoms with Gasteiger partial charge in [0.25, 0.3) is 0 Å². The quantitative estimate of drug-likeness (QED) is 0.776. The molecule has 0 radical (unpaired) electrons. The third-order valence-electron chi connectivity index (χ3n) is 2.43. The summed E-state index contributed by atoms with van der Waals surface area (Å²) < 4.78 is 0. The van der Waals surface area contributed by atoms with Gasteiger partial charge in [-0.2, -0.15) is 0 Å². The summed E-state index contributed by atoms with van der Waals surface area (Å²) in [6.45, 7) is 4.17. The van der Waals surface area contributed by atoms with Gasteiger partial charge in [0.1, 0.15) is 5.82 Å². The van der Waals surface area contributed by atoms with Crippen LogP contribution in [0.4, 0.5) is 5.82 Å². The fourth-order valence-electron chi connectivity index (χ4n) is 1.62. The zero-order valence-corrected chi connectivity index (χ0v) is 8.80. The standard InChI is InChI=1S/C9H13ClN4/c1-9(4-5-11-6-9)12-8-3-2-7(10)13-14-8/h2-3,11H,4-6H2,1H3,(H,12,14). The highest BCUT2D eigenvalue weighted by atomic mass is 35.5. The molecule has 0 aliphatic carbocycles. The van der Waals surface area contributed by atoms with Gasteiger partial charge in [0, 0.05) is 12.1 Å². The summed E-state index contributed by atoms with van der Waals surface area (Å²) in [6, 6.07) is 3.58. The molecular formula is C9H13ClN4. The summed E-state index contributed by atoms with van der Waals surface area (Å²) in [5.41, 5.74) is 0.0858. The van der Waals surface area contributed by atoms with Crippen molar-refractivity contribution in [3.8, 4) is 0 Å². The van der Waals surface area contributed by atoms with Crippen molar-refractivity contribution in [2.75, 3.05) is 18.4 Å². The second-order valence-corrected chi connectivity index (χ2v) is 4.24. The highest BCUT2D eigenvalue weighted by Gasteiger charge is 2.28. The van der Waals surface area contributed by atoms with Crippen LogP contribution in [0.1, 0.15) is 13.3 Å². The van der Waals surface area contributed by atoms with Crippen molar-refractivity contribution in [1.29, 1.82) is 0 Å². The molecular weight excluding hydrogens is 200 g/mol. The molecule has 2 rings (SSSR count). The summed E-state index contributed by atoms with van der Waals surface area (Å²) in [7, 11) is 0. The van der Waals surface area contributed by atoms with Crippen molar-refractivity contribution >= 4 is 17.4 Å². The molecule has 0 saturated carbocycles. The average molecular weight is 213 g/mol. The van der Waals surface area contributed by atoms with Crippen molar-refractivity contribution in [1.82, 2.24) is 15.5 Å². The van der Waals surface area contributed by atoms with E-state index in [0.717, 1.165) is 25.3 Å². The Balaban J connectivity index is 2.06. The number of rotatable bonds is 2. The summed E-state index contributed by atoms with van der Waals surface area (Å²) in [5, 5.41) is 14.8. The van der Waals surface area contributed by atoms with Gasteiger partial charge in [0.15, 0.2) is 5.15 Å². The van der Waals surface area contributed by atoms with Crippen molar-refractivity contribution in [2.45, 2.75) is 18.9 Å². The number of aromatic nitrogens is 2. The lowest BCUT2D eigenvalue weighted by Crippen LogP contribution is -2.37. The number of halogens is 1. The maximum atomic E-state index is 5.65.